The number of ether oxygens (including phenoxy) is 4. The molecule has 0 aliphatic heterocycles. The molecule has 8 nitrogen and oxygen atoms in total. The summed E-state index contributed by atoms with van der Waals surface area (Å²) in [6, 6.07) is 6.90. The van der Waals surface area contributed by atoms with E-state index < -0.39 is 18.0 Å². The van der Waals surface area contributed by atoms with Crippen molar-refractivity contribution in [2.24, 2.45) is 0 Å². The molecule has 0 bridgehead atoms. The van der Waals surface area contributed by atoms with Crippen molar-refractivity contribution in [1.82, 2.24) is 0 Å². The van der Waals surface area contributed by atoms with Crippen molar-refractivity contribution >= 4 is 51.0 Å². The van der Waals surface area contributed by atoms with Crippen LogP contribution in [0.2, 0.25) is 0 Å². The van der Waals surface area contributed by atoms with Gasteiger partial charge in [0.2, 0.25) is 0 Å². The van der Waals surface area contributed by atoms with Gasteiger partial charge in [-0.25, -0.2) is 14.4 Å². The topological polar surface area (TPSA) is 100 Å². The van der Waals surface area contributed by atoms with E-state index >= 15 is 0 Å². The number of rotatable bonds is 7. The van der Waals surface area contributed by atoms with Crippen LogP contribution >= 0.6 is 27.3 Å². The van der Waals surface area contributed by atoms with Crippen LogP contribution in [0.25, 0.3) is 10.4 Å². The Morgan fingerprint density at radius 2 is 1.79 bits per heavy atom. The fraction of sp³-hybridized carbons (Fsp3) is 0.278. The third-order valence-electron chi connectivity index (χ3n) is 3.40. The smallest absolute Gasteiger partial charge is 0.411 e. The van der Waals surface area contributed by atoms with Gasteiger partial charge in [0.1, 0.15) is 0 Å². The third-order valence-corrected chi connectivity index (χ3v) is 5.62. The number of amides is 1. The molecule has 2 aromatic rings. The van der Waals surface area contributed by atoms with Crippen molar-refractivity contribution in [3.63, 3.8) is 0 Å². The largest absolute Gasteiger partial charge is 0.479 e. The molecule has 1 heterocycles. The molecule has 0 radical (unpaired) electrons. The number of halogens is 1. The minimum Gasteiger partial charge on any atom is -0.479 e. The predicted octanol–water partition coefficient (Wildman–Crippen LogP) is 4.08. The Bertz CT molecular complexity index is 864. The van der Waals surface area contributed by atoms with Crippen molar-refractivity contribution < 1.29 is 33.3 Å². The number of hydrogen-bond donors (Lipinski definition) is 1. The summed E-state index contributed by atoms with van der Waals surface area (Å²) in [5, 5.41) is 2.55. The van der Waals surface area contributed by atoms with Crippen LogP contribution in [0.5, 0.6) is 5.75 Å². The molecule has 0 saturated carbocycles. The van der Waals surface area contributed by atoms with Gasteiger partial charge >= 0.3 is 18.0 Å². The van der Waals surface area contributed by atoms with E-state index in [0.29, 0.717) is 15.0 Å². The Morgan fingerprint density at radius 3 is 2.36 bits per heavy atom. The van der Waals surface area contributed by atoms with Crippen molar-refractivity contribution in [2.75, 3.05) is 32.8 Å². The zero-order valence-corrected chi connectivity index (χ0v) is 17.8. The minimum absolute atomic E-state index is 0.205. The average molecular weight is 472 g/mol. The highest BCUT2D eigenvalue weighted by atomic mass is 79.9. The summed E-state index contributed by atoms with van der Waals surface area (Å²) in [4.78, 5) is 35.9. The summed E-state index contributed by atoms with van der Waals surface area (Å²) in [6.07, 6.45) is -0.576. The first kappa shape index (κ1) is 21.7. The molecular weight excluding hydrogens is 454 g/mol. The second kappa shape index (κ2) is 10.1. The normalized spacial score (nSPS) is 10.1. The van der Waals surface area contributed by atoms with Gasteiger partial charge in [-0.15, -0.1) is 11.3 Å². The molecule has 1 aromatic heterocycles. The molecule has 1 N–H and O–H groups in total. The summed E-state index contributed by atoms with van der Waals surface area (Å²) in [5.41, 5.74) is 1.32. The summed E-state index contributed by atoms with van der Waals surface area (Å²) in [7, 11) is 2.54. The van der Waals surface area contributed by atoms with E-state index in [1.165, 1.54) is 14.2 Å². The summed E-state index contributed by atoms with van der Waals surface area (Å²) in [5.74, 6) is -0.923. The number of esters is 2. The van der Waals surface area contributed by atoms with Crippen LogP contribution < -0.4 is 10.1 Å². The lowest BCUT2D eigenvalue weighted by atomic mass is 10.1. The van der Waals surface area contributed by atoms with Crippen LogP contribution in [-0.2, 0) is 19.0 Å². The van der Waals surface area contributed by atoms with Crippen molar-refractivity contribution in [3.05, 3.63) is 33.6 Å². The monoisotopic (exact) mass is 471 g/mol. The van der Waals surface area contributed by atoms with Crippen LogP contribution in [-0.4, -0.2) is 45.5 Å². The third kappa shape index (κ3) is 5.23. The van der Waals surface area contributed by atoms with Crippen molar-refractivity contribution in [1.29, 1.82) is 0 Å². The number of hydrogen-bond acceptors (Lipinski definition) is 8. The molecule has 150 valence electrons. The first-order chi connectivity index (χ1) is 13.4. The first-order valence-corrected chi connectivity index (χ1v) is 9.66. The van der Waals surface area contributed by atoms with Gasteiger partial charge in [0.05, 0.1) is 30.2 Å². The van der Waals surface area contributed by atoms with Crippen LogP contribution in [0, 0.1) is 0 Å². The molecule has 0 aliphatic rings. The highest BCUT2D eigenvalue weighted by Crippen LogP contribution is 2.46. The fourth-order valence-corrected chi connectivity index (χ4v) is 4.12. The van der Waals surface area contributed by atoms with Crippen LogP contribution in [0.3, 0.4) is 0 Å². The van der Waals surface area contributed by atoms with E-state index in [9.17, 15) is 14.4 Å². The van der Waals surface area contributed by atoms with Gasteiger partial charge in [0, 0.05) is 5.69 Å². The maximum Gasteiger partial charge on any atom is 0.411 e. The Hall–Kier alpha value is -2.59. The van der Waals surface area contributed by atoms with Gasteiger partial charge in [-0.3, -0.25) is 5.32 Å². The van der Waals surface area contributed by atoms with Crippen molar-refractivity contribution in [2.45, 2.75) is 6.92 Å². The number of benzene rings is 1. The van der Waals surface area contributed by atoms with E-state index in [1.807, 2.05) is 0 Å². The van der Waals surface area contributed by atoms with Gasteiger partial charge in [-0.05, 0) is 40.5 Å². The number of carbonyl (C=O) groups excluding carboxylic acids is 3. The molecule has 1 amide bonds. The van der Waals surface area contributed by atoms with E-state index in [4.69, 9.17) is 14.2 Å². The molecule has 0 fully saturated rings. The van der Waals surface area contributed by atoms with E-state index in [1.54, 1.807) is 31.2 Å². The number of methoxy groups -OCH3 is 2. The molecular formula is C18H18BrNO7S. The quantitative estimate of drug-likeness (QED) is 0.479. The Kier molecular flexibility index (Phi) is 7.82. The summed E-state index contributed by atoms with van der Waals surface area (Å²) < 4.78 is 20.2. The zero-order valence-electron chi connectivity index (χ0n) is 15.4. The maximum absolute atomic E-state index is 12.1. The lowest BCUT2D eigenvalue weighted by molar-refractivity contribution is -0.145. The minimum atomic E-state index is -0.584. The number of anilines is 1. The molecule has 0 spiro atoms. The molecule has 10 heteroatoms. The van der Waals surface area contributed by atoms with Gasteiger partial charge < -0.3 is 18.9 Å². The maximum atomic E-state index is 12.1. The van der Waals surface area contributed by atoms with Crippen molar-refractivity contribution in [3.8, 4) is 16.2 Å². The van der Waals surface area contributed by atoms with Crippen LogP contribution in [0.15, 0.2) is 28.7 Å². The second-order valence-corrected chi connectivity index (χ2v) is 7.00. The standard InChI is InChI=1S/C18H18BrNO7S/c1-4-26-12(21)9-27-14-13(19)15(28-16(14)17(22)24-2)10-5-7-11(8-6-10)20-18(23)25-3/h5-8H,4,9H2,1-3H3,(H,20,23). The van der Waals surface area contributed by atoms with Gasteiger partial charge in [-0.1, -0.05) is 12.1 Å². The number of carbonyl (C=O) groups is 3. The second-order valence-electron chi connectivity index (χ2n) is 5.18. The molecule has 2 rings (SSSR count). The lowest BCUT2D eigenvalue weighted by Crippen LogP contribution is -2.15. The zero-order chi connectivity index (χ0) is 20.7. The summed E-state index contributed by atoms with van der Waals surface area (Å²) in [6.45, 7) is 1.58. The first-order valence-electron chi connectivity index (χ1n) is 8.05. The Labute approximate surface area is 173 Å². The Morgan fingerprint density at radius 1 is 1.11 bits per heavy atom. The number of thiophene rings is 1. The van der Waals surface area contributed by atoms with Gasteiger partial charge in [0.25, 0.3) is 0 Å². The summed E-state index contributed by atoms with van der Waals surface area (Å²) >= 11 is 4.58. The van der Waals surface area contributed by atoms with E-state index in [-0.39, 0.29) is 23.8 Å². The molecule has 1 aromatic carbocycles. The van der Waals surface area contributed by atoms with Crippen LogP contribution in [0.4, 0.5) is 10.5 Å². The molecule has 28 heavy (non-hydrogen) atoms. The lowest BCUT2D eigenvalue weighted by Gasteiger charge is -2.07. The van der Waals surface area contributed by atoms with Gasteiger partial charge in [-0.2, -0.15) is 0 Å². The molecule has 0 atom stereocenters. The molecule has 0 aliphatic carbocycles. The number of nitrogens with one attached hydrogen (secondary N) is 1. The van der Waals surface area contributed by atoms with E-state index in [2.05, 4.69) is 26.0 Å². The highest BCUT2D eigenvalue weighted by molar-refractivity contribution is 9.10. The van der Waals surface area contributed by atoms with E-state index in [0.717, 1.165) is 16.9 Å². The SMILES string of the molecule is CCOC(=O)COc1c(C(=O)OC)sc(-c2ccc(NC(=O)OC)cc2)c1Br. The fourth-order valence-electron chi connectivity index (χ4n) is 2.15. The average Bonchev–Trinajstić information content (AvgIpc) is 3.02. The molecule has 0 unspecified atom stereocenters. The predicted molar refractivity (Wildman–Crippen MR) is 107 cm³/mol. The van der Waals surface area contributed by atoms with Crippen LogP contribution in [0.1, 0.15) is 16.6 Å². The van der Waals surface area contributed by atoms with Gasteiger partial charge in [0.15, 0.2) is 17.2 Å². The highest BCUT2D eigenvalue weighted by Gasteiger charge is 2.25. The molecule has 0 saturated heterocycles. The Balaban J connectivity index is 2.32.